The van der Waals surface area contributed by atoms with E-state index in [0.717, 1.165) is 18.7 Å². The molecule has 2 atom stereocenters. The fourth-order valence-electron chi connectivity index (χ4n) is 2.53. The number of hydrogen-bond acceptors (Lipinski definition) is 3. The summed E-state index contributed by atoms with van der Waals surface area (Å²) in [7, 11) is 0. The van der Waals surface area contributed by atoms with Gasteiger partial charge >= 0.3 is 0 Å². The Morgan fingerprint density at radius 1 is 1.37 bits per heavy atom. The predicted octanol–water partition coefficient (Wildman–Crippen LogP) is 2.17. The lowest BCUT2D eigenvalue weighted by Gasteiger charge is -2.36. The van der Waals surface area contributed by atoms with Gasteiger partial charge in [0.15, 0.2) is 0 Å². The monoisotopic (exact) mass is 267 g/mol. The van der Waals surface area contributed by atoms with Crippen LogP contribution in [0.15, 0.2) is 30.3 Å². The van der Waals surface area contributed by atoms with Crippen molar-refractivity contribution in [3.63, 3.8) is 0 Å². The fourth-order valence-corrected chi connectivity index (χ4v) is 2.53. The molecule has 0 bridgehead atoms. The molecule has 1 heterocycles. The smallest absolute Gasteiger partial charge is 0.0906 e. The van der Waals surface area contributed by atoms with Gasteiger partial charge in [0.05, 0.1) is 26.0 Å². The second-order valence-electron chi connectivity index (χ2n) is 4.97. The molecular formula is C15H22FNO2. The highest BCUT2D eigenvalue weighted by atomic mass is 19.1. The number of halogens is 1. The third-order valence-corrected chi connectivity index (χ3v) is 3.61. The van der Waals surface area contributed by atoms with Gasteiger partial charge in [0, 0.05) is 19.1 Å². The normalized spacial score (nSPS) is 22.3. The van der Waals surface area contributed by atoms with Gasteiger partial charge in [-0.15, -0.1) is 0 Å². The lowest BCUT2D eigenvalue weighted by Crippen LogP contribution is -2.46. The largest absolute Gasteiger partial charge is 0.388 e. The van der Waals surface area contributed by atoms with E-state index in [1.165, 1.54) is 0 Å². The van der Waals surface area contributed by atoms with Crippen LogP contribution in [-0.2, 0) is 4.74 Å². The first-order chi connectivity index (χ1) is 9.31. The highest BCUT2D eigenvalue weighted by Crippen LogP contribution is 2.22. The maximum atomic E-state index is 12.3. The Morgan fingerprint density at radius 2 is 2.16 bits per heavy atom. The summed E-state index contributed by atoms with van der Waals surface area (Å²) in [6.45, 7) is 2.60. The van der Waals surface area contributed by atoms with Gasteiger partial charge in [-0.1, -0.05) is 30.3 Å². The lowest BCUT2D eigenvalue weighted by atomic mass is 10.0. The summed E-state index contributed by atoms with van der Waals surface area (Å²) >= 11 is 0. The SMILES string of the molecule is OC(CC1COCCN1CCCF)c1ccccc1. The third kappa shape index (κ3) is 4.27. The van der Waals surface area contributed by atoms with Crippen LogP contribution in [0, 0.1) is 0 Å². The number of aliphatic hydroxyl groups excluding tert-OH is 1. The van der Waals surface area contributed by atoms with Gasteiger partial charge in [0.1, 0.15) is 0 Å². The van der Waals surface area contributed by atoms with Crippen molar-refractivity contribution in [1.82, 2.24) is 4.90 Å². The van der Waals surface area contributed by atoms with Crippen LogP contribution in [-0.4, -0.2) is 49.0 Å². The highest BCUT2D eigenvalue weighted by molar-refractivity contribution is 5.17. The van der Waals surface area contributed by atoms with Crippen molar-refractivity contribution in [3.8, 4) is 0 Å². The van der Waals surface area contributed by atoms with Gasteiger partial charge in [-0.25, -0.2) is 0 Å². The summed E-state index contributed by atoms with van der Waals surface area (Å²) in [5.74, 6) is 0. The Balaban J connectivity index is 1.91. The van der Waals surface area contributed by atoms with E-state index in [4.69, 9.17) is 4.74 Å². The van der Waals surface area contributed by atoms with E-state index in [1.807, 2.05) is 30.3 Å². The average molecular weight is 267 g/mol. The molecular weight excluding hydrogens is 245 g/mol. The quantitative estimate of drug-likeness (QED) is 0.857. The zero-order valence-electron chi connectivity index (χ0n) is 11.2. The van der Waals surface area contributed by atoms with Crippen molar-refractivity contribution >= 4 is 0 Å². The van der Waals surface area contributed by atoms with E-state index in [0.29, 0.717) is 26.1 Å². The minimum absolute atomic E-state index is 0.176. The molecule has 2 unspecified atom stereocenters. The molecule has 1 fully saturated rings. The van der Waals surface area contributed by atoms with Crippen LogP contribution in [0.5, 0.6) is 0 Å². The molecule has 1 N–H and O–H groups in total. The number of alkyl halides is 1. The van der Waals surface area contributed by atoms with E-state index in [-0.39, 0.29) is 12.7 Å². The van der Waals surface area contributed by atoms with Gasteiger partial charge in [-0.2, -0.15) is 0 Å². The Kier molecular flexibility index (Phi) is 5.76. The molecule has 0 aromatic heterocycles. The molecule has 1 aliphatic heterocycles. The molecule has 106 valence electrons. The third-order valence-electron chi connectivity index (χ3n) is 3.61. The van der Waals surface area contributed by atoms with E-state index in [9.17, 15) is 9.50 Å². The molecule has 1 saturated heterocycles. The molecule has 19 heavy (non-hydrogen) atoms. The van der Waals surface area contributed by atoms with Crippen molar-refractivity contribution in [2.24, 2.45) is 0 Å². The summed E-state index contributed by atoms with van der Waals surface area (Å²) < 4.78 is 17.8. The number of nitrogens with zero attached hydrogens (tertiary/aromatic N) is 1. The van der Waals surface area contributed by atoms with E-state index >= 15 is 0 Å². The molecule has 2 rings (SSSR count). The number of ether oxygens (including phenoxy) is 1. The topological polar surface area (TPSA) is 32.7 Å². The Bertz CT molecular complexity index is 360. The van der Waals surface area contributed by atoms with Gasteiger partial charge in [0.25, 0.3) is 0 Å². The summed E-state index contributed by atoms with van der Waals surface area (Å²) in [4.78, 5) is 2.23. The second-order valence-corrected chi connectivity index (χ2v) is 4.97. The van der Waals surface area contributed by atoms with Crippen LogP contribution in [0.25, 0.3) is 0 Å². The molecule has 1 aliphatic rings. The molecule has 0 aliphatic carbocycles. The van der Waals surface area contributed by atoms with Gasteiger partial charge in [-0.05, 0) is 18.4 Å². The maximum Gasteiger partial charge on any atom is 0.0906 e. The first-order valence-corrected chi connectivity index (χ1v) is 6.92. The number of benzene rings is 1. The summed E-state index contributed by atoms with van der Waals surface area (Å²) in [5.41, 5.74) is 0.929. The molecule has 3 nitrogen and oxygen atoms in total. The average Bonchev–Trinajstić information content (AvgIpc) is 2.47. The first-order valence-electron chi connectivity index (χ1n) is 6.92. The summed E-state index contributed by atoms with van der Waals surface area (Å²) in [6, 6.07) is 9.83. The zero-order chi connectivity index (χ0) is 13.5. The van der Waals surface area contributed by atoms with Crippen LogP contribution in [0.3, 0.4) is 0 Å². The van der Waals surface area contributed by atoms with E-state index in [2.05, 4.69) is 4.90 Å². The number of aliphatic hydroxyl groups is 1. The van der Waals surface area contributed by atoms with Crippen molar-refractivity contribution in [3.05, 3.63) is 35.9 Å². The number of hydrogen-bond donors (Lipinski definition) is 1. The van der Waals surface area contributed by atoms with Gasteiger partial charge < -0.3 is 9.84 Å². The molecule has 4 heteroatoms. The Morgan fingerprint density at radius 3 is 2.89 bits per heavy atom. The molecule has 0 spiro atoms. The molecule has 0 radical (unpaired) electrons. The van der Waals surface area contributed by atoms with Crippen LogP contribution < -0.4 is 0 Å². The predicted molar refractivity (Wildman–Crippen MR) is 72.8 cm³/mol. The van der Waals surface area contributed by atoms with Crippen molar-refractivity contribution in [2.45, 2.75) is 25.0 Å². The minimum Gasteiger partial charge on any atom is -0.388 e. The molecule has 1 aromatic rings. The number of morpholine rings is 1. The minimum atomic E-state index is -0.485. The molecule has 1 aromatic carbocycles. The van der Waals surface area contributed by atoms with Crippen molar-refractivity contribution in [1.29, 1.82) is 0 Å². The highest BCUT2D eigenvalue weighted by Gasteiger charge is 2.25. The zero-order valence-corrected chi connectivity index (χ0v) is 11.2. The van der Waals surface area contributed by atoms with Gasteiger partial charge in [-0.3, -0.25) is 9.29 Å². The summed E-state index contributed by atoms with van der Waals surface area (Å²) in [6.07, 6.45) is 0.703. The first kappa shape index (κ1) is 14.4. The molecule has 0 amide bonds. The maximum absolute atomic E-state index is 12.3. The van der Waals surface area contributed by atoms with Crippen LogP contribution in [0.4, 0.5) is 4.39 Å². The van der Waals surface area contributed by atoms with Crippen molar-refractivity contribution < 1.29 is 14.2 Å². The van der Waals surface area contributed by atoms with E-state index in [1.54, 1.807) is 0 Å². The summed E-state index contributed by atoms with van der Waals surface area (Å²) in [5, 5.41) is 10.3. The standard InChI is InChI=1S/C15H22FNO2/c16-7-4-8-17-9-10-19-12-14(17)11-15(18)13-5-2-1-3-6-13/h1-3,5-6,14-15,18H,4,7-12H2. The van der Waals surface area contributed by atoms with Crippen LogP contribution in [0.1, 0.15) is 24.5 Å². The lowest BCUT2D eigenvalue weighted by molar-refractivity contribution is -0.0269. The van der Waals surface area contributed by atoms with Gasteiger partial charge in [0.2, 0.25) is 0 Å². The number of rotatable bonds is 6. The second kappa shape index (κ2) is 7.58. The van der Waals surface area contributed by atoms with Crippen LogP contribution >= 0.6 is 0 Å². The molecule has 0 saturated carbocycles. The van der Waals surface area contributed by atoms with Crippen LogP contribution in [0.2, 0.25) is 0 Å². The van der Waals surface area contributed by atoms with Crippen molar-refractivity contribution in [2.75, 3.05) is 33.0 Å². The van der Waals surface area contributed by atoms with E-state index < -0.39 is 6.10 Å². The fraction of sp³-hybridized carbons (Fsp3) is 0.600. The Labute approximate surface area is 114 Å². The Hall–Kier alpha value is -0.970.